The monoisotopic (exact) mass is 206 g/mol. The Morgan fingerprint density at radius 1 is 1.60 bits per heavy atom. The molecule has 15 heavy (non-hydrogen) atoms. The number of nitrogens with zero attached hydrogens (tertiary/aromatic N) is 2. The molecule has 0 fully saturated rings. The number of aryl methyl sites for hydroxylation is 1. The third-order valence-electron chi connectivity index (χ3n) is 2.15. The van der Waals surface area contributed by atoms with Crippen LogP contribution in [0.1, 0.15) is 12.6 Å². The largest absolute Gasteiger partial charge is 0.368 e. The van der Waals surface area contributed by atoms with Gasteiger partial charge in [0.15, 0.2) is 5.58 Å². The summed E-state index contributed by atoms with van der Waals surface area (Å²) in [6.07, 6.45) is 1.69. The first-order valence-corrected chi connectivity index (χ1v) is 4.89. The lowest BCUT2D eigenvalue weighted by atomic mass is 10.2. The van der Waals surface area contributed by atoms with Crippen molar-refractivity contribution in [3.05, 3.63) is 18.0 Å². The van der Waals surface area contributed by atoms with E-state index in [1.807, 2.05) is 13.8 Å². The summed E-state index contributed by atoms with van der Waals surface area (Å²) in [4.78, 5) is 4.25. The average Bonchev–Trinajstić information content (AvgIpc) is 2.58. The number of nitrogens with one attached hydrogen (secondary N) is 1. The average molecular weight is 206 g/mol. The number of hydrogen-bond acceptors (Lipinski definition) is 5. The number of fused-ring (bicyclic) bond motifs is 1. The molecule has 5 nitrogen and oxygen atoms in total. The molecule has 0 spiro atoms. The molecule has 1 atom stereocenters. The Kier molecular flexibility index (Phi) is 2.55. The van der Waals surface area contributed by atoms with E-state index < -0.39 is 0 Å². The van der Waals surface area contributed by atoms with Crippen LogP contribution in [0.3, 0.4) is 0 Å². The summed E-state index contributed by atoms with van der Waals surface area (Å²) in [5, 5.41) is 8.00. The van der Waals surface area contributed by atoms with Crippen LogP contribution in [0.5, 0.6) is 0 Å². The second kappa shape index (κ2) is 3.86. The van der Waals surface area contributed by atoms with Crippen LogP contribution in [-0.2, 0) is 0 Å². The number of aromatic nitrogens is 2. The van der Waals surface area contributed by atoms with Gasteiger partial charge in [0.05, 0.1) is 11.1 Å². The molecule has 1 unspecified atom stereocenters. The van der Waals surface area contributed by atoms with Crippen molar-refractivity contribution in [3.8, 4) is 0 Å². The Hall–Kier alpha value is -1.62. The van der Waals surface area contributed by atoms with E-state index in [1.54, 1.807) is 12.3 Å². The smallest absolute Gasteiger partial charge is 0.172 e. The Morgan fingerprint density at radius 2 is 2.40 bits per heavy atom. The van der Waals surface area contributed by atoms with Crippen molar-refractivity contribution >= 4 is 16.8 Å². The summed E-state index contributed by atoms with van der Waals surface area (Å²) < 4.78 is 5.13. The van der Waals surface area contributed by atoms with E-state index in [-0.39, 0.29) is 6.04 Å². The Labute approximate surface area is 87.6 Å². The zero-order valence-electron chi connectivity index (χ0n) is 8.82. The highest BCUT2D eigenvalue weighted by Crippen LogP contribution is 2.23. The molecule has 5 heteroatoms. The number of hydrogen-bond donors (Lipinski definition) is 2. The van der Waals surface area contributed by atoms with Gasteiger partial charge >= 0.3 is 0 Å². The first-order valence-electron chi connectivity index (χ1n) is 4.89. The second-order valence-electron chi connectivity index (χ2n) is 3.66. The fourth-order valence-corrected chi connectivity index (χ4v) is 1.42. The normalized spacial score (nSPS) is 13.0. The Morgan fingerprint density at radius 3 is 3.13 bits per heavy atom. The first kappa shape index (κ1) is 9.92. The molecule has 0 aliphatic heterocycles. The highest BCUT2D eigenvalue weighted by atomic mass is 16.5. The summed E-state index contributed by atoms with van der Waals surface area (Å²) in [6.45, 7) is 4.51. The van der Waals surface area contributed by atoms with Crippen LogP contribution in [0.4, 0.5) is 5.82 Å². The molecule has 2 aromatic rings. The lowest BCUT2D eigenvalue weighted by Crippen LogP contribution is -2.25. The summed E-state index contributed by atoms with van der Waals surface area (Å²) in [6, 6.07) is 1.88. The van der Waals surface area contributed by atoms with Crippen molar-refractivity contribution in [1.29, 1.82) is 0 Å². The predicted octanol–water partition coefficient (Wildman–Crippen LogP) is 1.29. The fraction of sp³-hybridized carbons (Fsp3) is 0.400. The molecule has 0 amide bonds. The van der Waals surface area contributed by atoms with Gasteiger partial charge in [-0.15, -0.1) is 0 Å². The molecular formula is C10H14N4O. The van der Waals surface area contributed by atoms with Crippen molar-refractivity contribution in [2.45, 2.75) is 19.9 Å². The van der Waals surface area contributed by atoms with Gasteiger partial charge in [-0.1, -0.05) is 5.16 Å². The van der Waals surface area contributed by atoms with Crippen LogP contribution in [0.2, 0.25) is 0 Å². The zero-order chi connectivity index (χ0) is 10.8. The Bertz CT molecular complexity index is 463. The fourth-order valence-electron chi connectivity index (χ4n) is 1.42. The minimum absolute atomic E-state index is 0.0854. The van der Waals surface area contributed by atoms with Crippen molar-refractivity contribution in [2.75, 3.05) is 11.9 Å². The maximum Gasteiger partial charge on any atom is 0.172 e. The lowest BCUT2D eigenvalue weighted by Gasteiger charge is -2.08. The van der Waals surface area contributed by atoms with Crippen LogP contribution in [0.15, 0.2) is 16.8 Å². The van der Waals surface area contributed by atoms with E-state index in [9.17, 15) is 0 Å². The predicted molar refractivity (Wildman–Crippen MR) is 58.7 cm³/mol. The SMILES string of the molecule is Cc1noc2ccnc(NCC(C)N)c12. The molecular weight excluding hydrogens is 192 g/mol. The number of anilines is 1. The van der Waals surface area contributed by atoms with Gasteiger partial charge in [0, 0.05) is 24.8 Å². The summed E-state index contributed by atoms with van der Waals surface area (Å²) in [5.74, 6) is 0.781. The molecule has 0 radical (unpaired) electrons. The van der Waals surface area contributed by atoms with Gasteiger partial charge in [0.1, 0.15) is 5.82 Å². The van der Waals surface area contributed by atoms with Gasteiger partial charge in [-0.25, -0.2) is 4.98 Å². The molecule has 0 aromatic carbocycles. The molecule has 0 aliphatic carbocycles. The topological polar surface area (TPSA) is 77.0 Å². The van der Waals surface area contributed by atoms with Gasteiger partial charge in [-0.05, 0) is 13.8 Å². The van der Waals surface area contributed by atoms with Gasteiger partial charge in [-0.2, -0.15) is 0 Å². The minimum Gasteiger partial charge on any atom is -0.368 e. The molecule has 0 saturated carbocycles. The number of rotatable bonds is 3. The van der Waals surface area contributed by atoms with Crippen molar-refractivity contribution in [1.82, 2.24) is 10.1 Å². The third-order valence-corrected chi connectivity index (χ3v) is 2.15. The molecule has 0 saturated heterocycles. The molecule has 2 heterocycles. The van der Waals surface area contributed by atoms with Crippen molar-refractivity contribution in [3.63, 3.8) is 0 Å². The van der Waals surface area contributed by atoms with Gasteiger partial charge in [0.25, 0.3) is 0 Å². The standard InChI is InChI=1S/C10H14N4O/c1-6(11)5-13-10-9-7(2)14-15-8(9)3-4-12-10/h3-4,6H,5,11H2,1-2H3,(H,12,13). The van der Waals surface area contributed by atoms with Crippen molar-refractivity contribution in [2.24, 2.45) is 5.73 Å². The summed E-state index contributed by atoms with van der Waals surface area (Å²) in [5.41, 5.74) is 7.25. The van der Waals surface area contributed by atoms with Crippen molar-refractivity contribution < 1.29 is 4.52 Å². The second-order valence-corrected chi connectivity index (χ2v) is 3.66. The van der Waals surface area contributed by atoms with E-state index in [2.05, 4.69) is 15.5 Å². The summed E-state index contributed by atoms with van der Waals surface area (Å²) in [7, 11) is 0. The van der Waals surface area contributed by atoms with Gasteiger partial charge in [0.2, 0.25) is 0 Å². The van der Waals surface area contributed by atoms with Crippen LogP contribution < -0.4 is 11.1 Å². The van der Waals surface area contributed by atoms with E-state index in [1.165, 1.54) is 0 Å². The van der Waals surface area contributed by atoms with Crippen LogP contribution in [-0.4, -0.2) is 22.7 Å². The third kappa shape index (κ3) is 1.92. The first-order chi connectivity index (χ1) is 7.18. The van der Waals surface area contributed by atoms with E-state index in [4.69, 9.17) is 10.3 Å². The Balaban J connectivity index is 2.37. The van der Waals surface area contributed by atoms with Crippen LogP contribution in [0, 0.1) is 6.92 Å². The van der Waals surface area contributed by atoms with Crippen LogP contribution >= 0.6 is 0 Å². The maximum atomic E-state index is 5.67. The molecule has 80 valence electrons. The highest BCUT2D eigenvalue weighted by molar-refractivity contribution is 5.89. The van der Waals surface area contributed by atoms with Gasteiger partial charge < -0.3 is 15.6 Å². The van der Waals surface area contributed by atoms with Crippen LogP contribution in [0.25, 0.3) is 11.0 Å². The van der Waals surface area contributed by atoms with E-state index >= 15 is 0 Å². The van der Waals surface area contributed by atoms with E-state index in [0.717, 1.165) is 22.5 Å². The quantitative estimate of drug-likeness (QED) is 0.791. The lowest BCUT2D eigenvalue weighted by molar-refractivity contribution is 0.450. The minimum atomic E-state index is 0.0854. The molecule has 3 N–H and O–H groups in total. The van der Waals surface area contributed by atoms with E-state index in [0.29, 0.717) is 6.54 Å². The molecule has 2 rings (SSSR count). The maximum absolute atomic E-state index is 5.67. The summed E-state index contributed by atoms with van der Waals surface area (Å²) >= 11 is 0. The highest BCUT2D eigenvalue weighted by Gasteiger charge is 2.10. The molecule has 0 aliphatic rings. The molecule has 2 aromatic heterocycles. The zero-order valence-corrected chi connectivity index (χ0v) is 8.82. The molecule has 0 bridgehead atoms. The van der Waals surface area contributed by atoms with Gasteiger partial charge in [-0.3, -0.25) is 0 Å². The number of pyridine rings is 1. The number of nitrogens with two attached hydrogens (primary N) is 1.